The number of carbonyl (C=O) groups is 1. The molecule has 0 saturated heterocycles. The Morgan fingerprint density at radius 1 is 1.06 bits per heavy atom. The summed E-state index contributed by atoms with van der Waals surface area (Å²) in [5.74, 6) is -1.09. The Kier molecular flexibility index (Phi) is 5.25. The van der Waals surface area contributed by atoms with Crippen LogP contribution in [-0.4, -0.2) is 25.5 Å². The first-order valence-electron chi connectivity index (χ1n) is 9.32. The van der Waals surface area contributed by atoms with Crippen LogP contribution < -0.4 is 10.9 Å². The van der Waals surface area contributed by atoms with Gasteiger partial charge in [0.15, 0.2) is 0 Å². The Bertz CT molecular complexity index is 1360. The van der Waals surface area contributed by atoms with Gasteiger partial charge in [-0.05, 0) is 55.5 Å². The van der Waals surface area contributed by atoms with Crippen LogP contribution in [0.25, 0.3) is 16.6 Å². The van der Waals surface area contributed by atoms with E-state index in [1.54, 1.807) is 6.92 Å². The fourth-order valence-electron chi connectivity index (χ4n) is 3.19. The lowest BCUT2D eigenvalue weighted by Gasteiger charge is -2.10. The number of anilines is 1. The lowest BCUT2D eigenvalue weighted by Crippen LogP contribution is -2.31. The Morgan fingerprint density at radius 2 is 1.72 bits per heavy atom. The minimum atomic E-state index is -4.49. The van der Waals surface area contributed by atoms with Gasteiger partial charge in [-0.2, -0.15) is 23.4 Å². The van der Waals surface area contributed by atoms with Crippen molar-refractivity contribution in [3.05, 3.63) is 82.2 Å². The molecular formula is C21H15F4N5O2. The van der Waals surface area contributed by atoms with Crippen LogP contribution in [-0.2, 0) is 17.5 Å². The highest BCUT2D eigenvalue weighted by atomic mass is 19.4. The van der Waals surface area contributed by atoms with Gasteiger partial charge >= 0.3 is 6.18 Å². The Labute approximate surface area is 177 Å². The van der Waals surface area contributed by atoms with Crippen LogP contribution in [0.3, 0.4) is 0 Å². The van der Waals surface area contributed by atoms with Crippen LogP contribution in [0.4, 0.5) is 23.2 Å². The van der Waals surface area contributed by atoms with Crippen molar-refractivity contribution in [3.63, 3.8) is 0 Å². The van der Waals surface area contributed by atoms with Gasteiger partial charge in [0, 0.05) is 11.1 Å². The summed E-state index contributed by atoms with van der Waals surface area (Å²) in [6.07, 6.45) is -3.03. The second-order valence-corrected chi connectivity index (χ2v) is 6.97. The number of hydrogen-bond donors (Lipinski definition) is 1. The van der Waals surface area contributed by atoms with Crippen LogP contribution in [0.2, 0.25) is 0 Å². The third-order valence-corrected chi connectivity index (χ3v) is 4.73. The maximum absolute atomic E-state index is 13.2. The number of benzene rings is 2. The molecule has 0 spiro atoms. The van der Waals surface area contributed by atoms with Crippen LogP contribution in [0.1, 0.15) is 11.3 Å². The first kappa shape index (κ1) is 21.2. The van der Waals surface area contributed by atoms with Crippen molar-refractivity contribution in [1.82, 2.24) is 19.6 Å². The monoisotopic (exact) mass is 445 g/mol. The fourth-order valence-corrected chi connectivity index (χ4v) is 3.19. The minimum absolute atomic E-state index is 0.144. The zero-order chi connectivity index (χ0) is 23.0. The molecule has 0 aliphatic carbocycles. The van der Waals surface area contributed by atoms with Crippen molar-refractivity contribution < 1.29 is 22.4 Å². The lowest BCUT2D eigenvalue weighted by atomic mass is 10.2. The standard InChI is InChI=1S/C21H15F4N5O2/c1-12-17-10-26-30(16-8-4-14(22)5-9-16)19(17)20(32)29(28-12)11-18(31)27-15-6-2-13(3-7-15)21(23,24)25/h2-10H,11H2,1H3,(H,27,31). The largest absolute Gasteiger partial charge is 0.416 e. The number of amides is 1. The van der Waals surface area contributed by atoms with Crippen LogP contribution >= 0.6 is 0 Å². The van der Waals surface area contributed by atoms with Crippen molar-refractivity contribution in [2.45, 2.75) is 19.6 Å². The number of aryl methyl sites for hydroxylation is 1. The number of halogens is 4. The topological polar surface area (TPSA) is 81.8 Å². The Balaban J connectivity index is 1.62. The predicted molar refractivity (Wildman–Crippen MR) is 108 cm³/mol. The molecule has 0 unspecified atom stereocenters. The quantitative estimate of drug-likeness (QED) is 0.486. The molecule has 164 valence electrons. The highest BCUT2D eigenvalue weighted by molar-refractivity contribution is 5.90. The number of alkyl halides is 3. The number of rotatable bonds is 4. The van der Waals surface area contributed by atoms with Gasteiger partial charge in [-0.3, -0.25) is 9.59 Å². The smallest absolute Gasteiger partial charge is 0.324 e. The summed E-state index contributed by atoms with van der Waals surface area (Å²) in [5, 5.41) is 11.2. The van der Waals surface area contributed by atoms with E-state index >= 15 is 0 Å². The van der Waals surface area contributed by atoms with Crippen molar-refractivity contribution in [2.75, 3.05) is 5.32 Å². The van der Waals surface area contributed by atoms with Gasteiger partial charge in [0.25, 0.3) is 5.56 Å². The zero-order valence-corrected chi connectivity index (χ0v) is 16.5. The summed E-state index contributed by atoms with van der Waals surface area (Å²) >= 11 is 0. The van der Waals surface area contributed by atoms with Gasteiger partial charge in [-0.1, -0.05) is 0 Å². The normalized spacial score (nSPS) is 11.7. The average molecular weight is 445 g/mol. The Hall–Kier alpha value is -4.02. The first-order valence-corrected chi connectivity index (χ1v) is 9.32. The van der Waals surface area contributed by atoms with E-state index in [9.17, 15) is 27.2 Å². The summed E-state index contributed by atoms with van der Waals surface area (Å²) in [7, 11) is 0. The molecule has 1 amide bonds. The molecule has 2 aromatic carbocycles. The molecule has 0 aliphatic heterocycles. The highest BCUT2D eigenvalue weighted by Gasteiger charge is 2.30. The van der Waals surface area contributed by atoms with E-state index in [2.05, 4.69) is 15.5 Å². The molecule has 11 heteroatoms. The van der Waals surface area contributed by atoms with Crippen molar-refractivity contribution >= 4 is 22.5 Å². The van der Waals surface area contributed by atoms with E-state index in [0.29, 0.717) is 16.8 Å². The molecule has 32 heavy (non-hydrogen) atoms. The van der Waals surface area contributed by atoms with Crippen molar-refractivity contribution in [3.8, 4) is 5.69 Å². The van der Waals surface area contributed by atoms with Crippen molar-refractivity contribution in [1.29, 1.82) is 0 Å². The van der Waals surface area contributed by atoms with E-state index in [-0.39, 0.29) is 11.2 Å². The molecular weight excluding hydrogens is 430 g/mol. The summed E-state index contributed by atoms with van der Waals surface area (Å²) in [4.78, 5) is 25.4. The van der Waals surface area contributed by atoms with E-state index in [0.717, 1.165) is 28.9 Å². The summed E-state index contributed by atoms with van der Waals surface area (Å²) in [6, 6.07) is 9.30. The third-order valence-electron chi connectivity index (χ3n) is 4.73. The summed E-state index contributed by atoms with van der Waals surface area (Å²) in [6.45, 7) is 1.17. The van der Waals surface area contributed by atoms with Gasteiger partial charge in [-0.25, -0.2) is 13.8 Å². The SMILES string of the molecule is Cc1nn(CC(=O)Nc2ccc(C(F)(F)F)cc2)c(=O)c2c1cnn2-c1ccc(F)cc1. The number of nitrogens with one attached hydrogen (secondary N) is 1. The van der Waals surface area contributed by atoms with E-state index in [1.165, 1.54) is 35.1 Å². The van der Waals surface area contributed by atoms with Crippen LogP contribution in [0.15, 0.2) is 59.5 Å². The fraction of sp³-hybridized carbons (Fsp3) is 0.143. The number of hydrogen-bond acceptors (Lipinski definition) is 4. The van der Waals surface area contributed by atoms with Crippen LogP contribution in [0, 0.1) is 12.7 Å². The second-order valence-electron chi connectivity index (χ2n) is 6.97. The molecule has 7 nitrogen and oxygen atoms in total. The molecule has 4 rings (SSSR count). The first-order chi connectivity index (χ1) is 15.1. The van der Waals surface area contributed by atoms with Gasteiger partial charge in [0.05, 0.1) is 23.1 Å². The molecule has 2 heterocycles. The number of aromatic nitrogens is 4. The predicted octanol–water partition coefficient (Wildman–Crippen LogP) is 3.69. The van der Waals surface area contributed by atoms with E-state index < -0.39 is 35.6 Å². The number of carbonyl (C=O) groups excluding carboxylic acids is 1. The third kappa shape index (κ3) is 4.09. The Morgan fingerprint density at radius 3 is 2.34 bits per heavy atom. The molecule has 0 aliphatic rings. The van der Waals surface area contributed by atoms with Crippen LogP contribution in [0.5, 0.6) is 0 Å². The maximum Gasteiger partial charge on any atom is 0.416 e. The summed E-state index contributed by atoms with van der Waals surface area (Å²) in [5.41, 5.74) is -0.254. The lowest BCUT2D eigenvalue weighted by molar-refractivity contribution is -0.137. The number of fused-ring (bicyclic) bond motifs is 1. The molecule has 2 aromatic heterocycles. The van der Waals surface area contributed by atoms with Gasteiger partial charge in [0.2, 0.25) is 5.91 Å². The molecule has 0 saturated carbocycles. The average Bonchev–Trinajstić information content (AvgIpc) is 3.18. The number of nitrogens with zero attached hydrogens (tertiary/aromatic N) is 4. The maximum atomic E-state index is 13.2. The molecule has 4 aromatic rings. The van der Waals surface area contributed by atoms with Gasteiger partial charge in [-0.15, -0.1) is 0 Å². The molecule has 0 fully saturated rings. The molecule has 0 atom stereocenters. The van der Waals surface area contributed by atoms with Gasteiger partial charge < -0.3 is 5.32 Å². The van der Waals surface area contributed by atoms with Crippen molar-refractivity contribution in [2.24, 2.45) is 0 Å². The van der Waals surface area contributed by atoms with E-state index in [1.807, 2.05) is 0 Å². The minimum Gasteiger partial charge on any atom is -0.324 e. The molecule has 0 bridgehead atoms. The highest BCUT2D eigenvalue weighted by Crippen LogP contribution is 2.29. The summed E-state index contributed by atoms with van der Waals surface area (Å²) < 4.78 is 53.5. The molecule has 1 N–H and O–H groups in total. The second kappa shape index (κ2) is 7.91. The van der Waals surface area contributed by atoms with Gasteiger partial charge in [0.1, 0.15) is 17.9 Å². The zero-order valence-electron chi connectivity index (χ0n) is 16.5. The van der Waals surface area contributed by atoms with E-state index in [4.69, 9.17) is 0 Å². The molecule has 0 radical (unpaired) electrons.